The summed E-state index contributed by atoms with van der Waals surface area (Å²) in [5.41, 5.74) is 5.32. The maximum Gasteiger partial charge on any atom is 0.320 e. The van der Waals surface area contributed by atoms with Crippen LogP contribution >= 0.6 is 33.9 Å². The van der Waals surface area contributed by atoms with Crippen molar-refractivity contribution in [3.8, 4) is 0 Å². The molecular formula is C6H7IN2O2S. The molecule has 12 heavy (non-hydrogen) atoms. The van der Waals surface area contributed by atoms with Crippen molar-refractivity contribution in [3.05, 3.63) is 14.1 Å². The number of hydrogen-bond acceptors (Lipinski definition) is 4. The molecule has 1 aromatic heterocycles. The third-order valence-electron chi connectivity index (χ3n) is 1.24. The third kappa shape index (κ3) is 2.68. The van der Waals surface area contributed by atoms with E-state index in [0.29, 0.717) is 6.42 Å². The second-order valence-corrected chi connectivity index (χ2v) is 5.22. The van der Waals surface area contributed by atoms with Crippen LogP contribution in [-0.4, -0.2) is 22.1 Å². The first-order valence-electron chi connectivity index (χ1n) is 3.18. The number of carboxylic acid groups (broad SMARTS) is 1. The number of nitrogens with two attached hydrogens (primary N) is 1. The van der Waals surface area contributed by atoms with Gasteiger partial charge in [-0.05, 0) is 22.6 Å². The molecule has 1 heterocycles. The maximum atomic E-state index is 10.4. The topological polar surface area (TPSA) is 76.2 Å². The minimum absolute atomic E-state index is 0.309. The summed E-state index contributed by atoms with van der Waals surface area (Å²) in [5.74, 6) is -0.986. The van der Waals surface area contributed by atoms with E-state index in [1.165, 1.54) is 11.3 Å². The second-order valence-electron chi connectivity index (χ2n) is 2.21. The van der Waals surface area contributed by atoms with Gasteiger partial charge >= 0.3 is 5.97 Å². The van der Waals surface area contributed by atoms with Crippen LogP contribution in [0, 0.1) is 2.88 Å². The molecule has 3 N–H and O–H groups in total. The van der Waals surface area contributed by atoms with E-state index in [-0.39, 0.29) is 0 Å². The first-order valence-corrected chi connectivity index (χ1v) is 5.07. The Kier molecular flexibility index (Phi) is 3.41. The molecule has 1 aromatic rings. The first kappa shape index (κ1) is 9.87. The smallest absolute Gasteiger partial charge is 0.320 e. The number of carboxylic acids is 1. The lowest BCUT2D eigenvalue weighted by Crippen LogP contribution is -2.32. The highest BCUT2D eigenvalue weighted by molar-refractivity contribution is 14.1. The number of rotatable bonds is 3. The molecule has 0 unspecified atom stereocenters. The minimum Gasteiger partial charge on any atom is -0.480 e. The summed E-state index contributed by atoms with van der Waals surface area (Å²) in [6.45, 7) is 0. The molecule has 0 spiro atoms. The minimum atomic E-state index is -0.986. The molecular weight excluding hydrogens is 291 g/mol. The normalized spacial score (nSPS) is 12.8. The fraction of sp³-hybridized carbons (Fsp3) is 0.333. The van der Waals surface area contributed by atoms with Crippen molar-refractivity contribution in [2.24, 2.45) is 5.73 Å². The Morgan fingerprint density at radius 1 is 1.92 bits per heavy atom. The van der Waals surface area contributed by atoms with Crippen LogP contribution in [0.4, 0.5) is 0 Å². The average molecular weight is 298 g/mol. The maximum absolute atomic E-state index is 10.4. The molecule has 0 aromatic carbocycles. The standard InChI is InChI=1S/C6H7IN2O2S/c7-4-2-9-5(12-4)1-3(8)6(10)11/h2-3H,1,8H2,(H,10,11)/t3-/m0/s1. The van der Waals surface area contributed by atoms with Gasteiger partial charge in [-0.2, -0.15) is 0 Å². The molecule has 0 bridgehead atoms. The summed E-state index contributed by atoms with van der Waals surface area (Å²) in [6.07, 6.45) is 2.01. The Bertz CT molecular complexity index is 289. The number of hydrogen-bond donors (Lipinski definition) is 2. The molecule has 0 aliphatic carbocycles. The summed E-state index contributed by atoms with van der Waals surface area (Å²) < 4.78 is 1.04. The van der Waals surface area contributed by atoms with Crippen LogP contribution < -0.4 is 5.73 Å². The Labute approximate surface area is 86.9 Å². The number of aliphatic carboxylic acids is 1. The molecule has 0 fully saturated rings. The number of halogens is 1. The molecule has 4 nitrogen and oxygen atoms in total. The van der Waals surface area contributed by atoms with Gasteiger partial charge in [-0.3, -0.25) is 4.79 Å². The van der Waals surface area contributed by atoms with E-state index in [1.807, 2.05) is 0 Å². The van der Waals surface area contributed by atoms with Crippen molar-refractivity contribution in [1.29, 1.82) is 0 Å². The van der Waals surface area contributed by atoms with Crippen molar-refractivity contribution >= 4 is 39.9 Å². The van der Waals surface area contributed by atoms with Gasteiger partial charge in [0.05, 0.1) is 14.1 Å². The highest BCUT2D eigenvalue weighted by Crippen LogP contribution is 2.15. The highest BCUT2D eigenvalue weighted by atomic mass is 127. The predicted octanol–water partition coefficient (Wildman–Crippen LogP) is 0.702. The van der Waals surface area contributed by atoms with Gasteiger partial charge < -0.3 is 10.8 Å². The van der Waals surface area contributed by atoms with Gasteiger partial charge in [0.2, 0.25) is 0 Å². The number of nitrogens with zero attached hydrogens (tertiary/aromatic N) is 1. The summed E-state index contributed by atoms with van der Waals surface area (Å²) in [7, 11) is 0. The fourth-order valence-corrected chi connectivity index (χ4v) is 2.26. The Balaban J connectivity index is 2.58. The van der Waals surface area contributed by atoms with Crippen molar-refractivity contribution in [1.82, 2.24) is 4.98 Å². The molecule has 1 rings (SSSR count). The molecule has 0 saturated heterocycles. The van der Waals surface area contributed by atoms with Crippen LogP contribution in [0.25, 0.3) is 0 Å². The van der Waals surface area contributed by atoms with Crippen LogP contribution in [0.5, 0.6) is 0 Å². The largest absolute Gasteiger partial charge is 0.480 e. The van der Waals surface area contributed by atoms with Crippen LogP contribution in [0.15, 0.2) is 6.20 Å². The first-order chi connectivity index (χ1) is 5.59. The van der Waals surface area contributed by atoms with Gasteiger partial charge in [0.15, 0.2) is 0 Å². The molecule has 0 aliphatic heterocycles. The Morgan fingerprint density at radius 2 is 2.58 bits per heavy atom. The number of thiazole rings is 1. The molecule has 0 amide bonds. The zero-order chi connectivity index (χ0) is 9.14. The molecule has 0 aliphatic rings. The van der Waals surface area contributed by atoms with Gasteiger partial charge in [-0.15, -0.1) is 11.3 Å². The fourth-order valence-electron chi connectivity index (χ4n) is 0.658. The van der Waals surface area contributed by atoms with E-state index in [2.05, 4.69) is 27.6 Å². The van der Waals surface area contributed by atoms with E-state index in [0.717, 1.165) is 7.89 Å². The van der Waals surface area contributed by atoms with Gasteiger partial charge in [0.25, 0.3) is 0 Å². The highest BCUT2D eigenvalue weighted by Gasteiger charge is 2.13. The zero-order valence-corrected chi connectivity index (χ0v) is 9.00. The zero-order valence-electron chi connectivity index (χ0n) is 6.03. The molecule has 6 heteroatoms. The van der Waals surface area contributed by atoms with Crippen molar-refractivity contribution < 1.29 is 9.90 Å². The summed E-state index contributed by atoms with van der Waals surface area (Å²) in [4.78, 5) is 14.4. The lowest BCUT2D eigenvalue weighted by Gasteiger charge is -2.01. The summed E-state index contributed by atoms with van der Waals surface area (Å²) in [5, 5.41) is 9.27. The van der Waals surface area contributed by atoms with Crippen LogP contribution in [0.2, 0.25) is 0 Å². The number of carbonyl (C=O) groups is 1. The van der Waals surface area contributed by atoms with E-state index >= 15 is 0 Å². The lowest BCUT2D eigenvalue weighted by atomic mass is 10.2. The molecule has 66 valence electrons. The summed E-state index contributed by atoms with van der Waals surface area (Å²) in [6, 6.07) is -0.841. The number of aromatic nitrogens is 1. The second kappa shape index (κ2) is 4.15. The molecule has 0 saturated carbocycles. The average Bonchev–Trinajstić information content (AvgIpc) is 2.35. The van der Waals surface area contributed by atoms with Gasteiger partial charge in [-0.25, -0.2) is 4.98 Å². The molecule has 1 atom stereocenters. The summed E-state index contributed by atoms with van der Waals surface area (Å²) >= 11 is 3.60. The van der Waals surface area contributed by atoms with E-state index in [4.69, 9.17) is 10.8 Å². The predicted molar refractivity (Wildman–Crippen MR) is 54.1 cm³/mol. The van der Waals surface area contributed by atoms with Gasteiger partial charge in [-0.1, -0.05) is 0 Å². The molecule has 0 radical (unpaired) electrons. The van der Waals surface area contributed by atoms with Crippen molar-refractivity contribution in [3.63, 3.8) is 0 Å². The van der Waals surface area contributed by atoms with Gasteiger partial charge in [0, 0.05) is 6.42 Å². The van der Waals surface area contributed by atoms with Crippen LogP contribution in [0.1, 0.15) is 5.01 Å². The van der Waals surface area contributed by atoms with E-state index in [1.54, 1.807) is 6.20 Å². The van der Waals surface area contributed by atoms with Crippen LogP contribution in [-0.2, 0) is 11.2 Å². The van der Waals surface area contributed by atoms with Gasteiger partial charge in [0.1, 0.15) is 6.04 Å². The lowest BCUT2D eigenvalue weighted by molar-refractivity contribution is -0.138. The third-order valence-corrected chi connectivity index (χ3v) is 2.98. The Hall–Kier alpha value is -0.210. The Morgan fingerprint density at radius 3 is 3.00 bits per heavy atom. The quantitative estimate of drug-likeness (QED) is 0.806. The van der Waals surface area contributed by atoms with E-state index < -0.39 is 12.0 Å². The SMILES string of the molecule is N[C@@H](Cc1ncc(I)s1)C(=O)O. The van der Waals surface area contributed by atoms with Crippen LogP contribution in [0.3, 0.4) is 0 Å². The van der Waals surface area contributed by atoms with Crippen molar-refractivity contribution in [2.45, 2.75) is 12.5 Å². The monoisotopic (exact) mass is 298 g/mol. The van der Waals surface area contributed by atoms with E-state index in [9.17, 15) is 4.79 Å². The van der Waals surface area contributed by atoms with Crippen molar-refractivity contribution in [2.75, 3.05) is 0 Å².